The van der Waals surface area contributed by atoms with Crippen molar-refractivity contribution in [1.29, 1.82) is 0 Å². The van der Waals surface area contributed by atoms with Crippen molar-refractivity contribution in [3.05, 3.63) is 90.8 Å². The topological polar surface area (TPSA) is 53.7 Å². The van der Waals surface area contributed by atoms with Gasteiger partial charge in [0, 0.05) is 49.4 Å². The number of pyridine rings is 2. The van der Waals surface area contributed by atoms with Crippen LogP contribution in [0.1, 0.15) is 22.1 Å². The summed E-state index contributed by atoms with van der Waals surface area (Å²) in [5, 5.41) is 0. The molecular weight excluding hydrogens is 374 g/mol. The number of imidazole rings is 1. The van der Waals surface area contributed by atoms with Gasteiger partial charge in [-0.1, -0.05) is 30.3 Å². The summed E-state index contributed by atoms with van der Waals surface area (Å²) in [5.41, 5.74) is 4.97. The second-order valence-corrected chi connectivity index (χ2v) is 7.70. The molecule has 4 heterocycles. The Morgan fingerprint density at radius 2 is 1.87 bits per heavy atom. The molecule has 4 aromatic rings. The highest BCUT2D eigenvalue weighted by Crippen LogP contribution is 2.29. The van der Waals surface area contributed by atoms with Crippen molar-refractivity contribution in [2.75, 3.05) is 26.7 Å². The first kappa shape index (κ1) is 18.5. The summed E-state index contributed by atoms with van der Waals surface area (Å²) in [6.45, 7) is 2.16. The molecular formula is C24H23N5O. The van der Waals surface area contributed by atoms with E-state index in [1.807, 2.05) is 59.9 Å². The molecule has 150 valence electrons. The summed E-state index contributed by atoms with van der Waals surface area (Å²) in [4.78, 5) is 26.1. The molecule has 30 heavy (non-hydrogen) atoms. The standard InChI is InChI=1S/C24H23N5O/c1-27-12-13-28(24(30)18-6-3-2-4-7-18)16-22(27)23-21-10-9-20(15-29(21)17-26-23)19-8-5-11-25-14-19/h2-11,14-15,17,22H,12-13,16H2,1H3. The van der Waals surface area contributed by atoms with Gasteiger partial charge >= 0.3 is 0 Å². The zero-order valence-electron chi connectivity index (χ0n) is 16.8. The third-order valence-corrected chi connectivity index (χ3v) is 5.83. The number of aromatic nitrogens is 3. The minimum absolute atomic E-state index is 0.0562. The van der Waals surface area contributed by atoms with Crippen LogP contribution < -0.4 is 0 Å². The molecule has 1 fully saturated rings. The van der Waals surface area contributed by atoms with E-state index in [2.05, 4.69) is 39.7 Å². The Hall–Kier alpha value is -3.51. The minimum atomic E-state index is 0.0562. The summed E-state index contributed by atoms with van der Waals surface area (Å²) in [6.07, 6.45) is 7.58. The molecule has 5 rings (SSSR count). The molecule has 1 aromatic carbocycles. The number of nitrogens with zero attached hydrogens (tertiary/aromatic N) is 5. The molecule has 0 saturated carbocycles. The van der Waals surface area contributed by atoms with E-state index < -0.39 is 0 Å². The van der Waals surface area contributed by atoms with Crippen LogP contribution in [0.25, 0.3) is 16.6 Å². The van der Waals surface area contributed by atoms with E-state index >= 15 is 0 Å². The molecule has 1 aliphatic rings. The Labute approximate surface area is 175 Å². The maximum absolute atomic E-state index is 13.0. The van der Waals surface area contributed by atoms with Crippen molar-refractivity contribution in [2.45, 2.75) is 6.04 Å². The molecule has 1 amide bonds. The van der Waals surface area contributed by atoms with Gasteiger partial charge in [-0.25, -0.2) is 4.98 Å². The van der Waals surface area contributed by atoms with Crippen LogP contribution in [0.3, 0.4) is 0 Å². The minimum Gasteiger partial charge on any atom is -0.335 e. The maximum Gasteiger partial charge on any atom is 0.253 e. The zero-order valence-corrected chi connectivity index (χ0v) is 16.8. The number of piperazine rings is 1. The Balaban J connectivity index is 1.44. The van der Waals surface area contributed by atoms with Crippen LogP contribution in [0.2, 0.25) is 0 Å². The number of hydrogen-bond acceptors (Lipinski definition) is 4. The van der Waals surface area contributed by atoms with E-state index in [-0.39, 0.29) is 11.9 Å². The van der Waals surface area contributed by atoms with E-state index in [9.17, 15) is 4.79 Å². The molecule has 3 aromatic heterocycles. The fourth-order valence-electron chi connectivity index (χ4n) is 4.10. The predicted octanol–water partition coefficient (Wildman–Crippen LogP) is 3.53. The van der Waals surface area contributed by atoms with Crippen molar-refractivity contribution in [3.8, 4) is 11.1 Å². The largest absolute Gasteiger partial charge is 0.335 e. The number of fused-ring (bicyclic) bond motifs is 1. The number of rotatable bonds is 3. The molecule has 6 nitrogen and oxygen atoms in total. The lowest BCUT2D eigenvalue weighted by Gasteiger charge is -2.39. The van der Waals surface area contributed by atoms with Crippen LogP contribution >= 0.6 is 0 Å². The van der Waals surface area contributed by atoms with E-state index in [0.717, 1.165) is 41.0 Å². The summed E-state index contributed by atoms with van der Waals surface area (Å²) in [7, 11) is 2.10. The summed E-state index contributed by atoms with van der Waals surface area (Å²) in [6, 6.07) is 17.8. The van der Waals surface area contributed by atoms with Gasteiger partial charge in [0.15, 0.2) is 0 Å². The van der Waals surface area contributed by atoms with Crippen molar-refractivity contribution in [1.82, 2.24) is 24.2 Å². The zero-order chi connectivity index (χ0) is 20.5. The van der Waals surface area contributed by atoms with Crippen molar-refractivity contribution < 1.29 is 4.79 Å². The highest BCUT2D eigenvalue weighted by molar-refractivity contribution is 5.94. The Morgan fingerprint density at radius 1 is 1.00 bits per heavy atom. The fourth-order valence-corrected chi connectivity index (χ4v) is 4.10. The Morgan fingerprint density at radius 3 is 2.67 bits per heavy atom. The van der Waals surface area contributed by atoms with Crippen LogP contribution in [0.4, 0.5) is 0 Å². The number of hydrogen-bond donors (Lipinski definition) is 0. The first-order valence-corrected chi connectivity index (χ1v) is 10.1. The third kappa shape index (κ3) is 3.35. The number of carbonyl (C=O) groups excluding carboxylic acids is 1. The molecule has 0 radical (unpaired) electrons. The summed E-state index contributed by atoms with van der Waals surface area (Å²) in [5.74, 6) is 0.0797. The van der Waals surface area contributed by atoms with Gasteiger partial charge in [0.2, 0.25) is 0 Å². The van der Waals surface area contributed by atoms with Crippen LogP contribution in [-0.4, -0.2) is 56.8 Å². The lowest BCUT2D eigenvalue weighted by atomic mass is 10.1. The third-order valence-electron chi connectivity index (χ3n) is 5.83. The predicted molar refractivity (Wildman–Crippen MR) is 116 cm³/mol. The summed E-state index contributed by atoms with van der Waals surface area (Å²) < 4.78 is 2.06. The molecule has 0 aliphatic carbocycles. The number of likely N-dealkylation sites (N-methyl/N-ethyl adjacent to an activating group) is 1. The smallest absolute Gasteiger partial charge is 0.253 e. The average Bonchev–Trinajstić information content (AvgIpc) is 3.23. The van der Waals surface area contributed by atoms with Crippen molar-refractivity contribution in [2.24, 2.45) is 0 Å². The molecule has 1 unspecified atom stereocenters. The SMILES string of the molecule is CN1CCN(C(=O)c2ccccc2)CC1c1ncn2cc(-c3cccnc3)ccc12. The fraction of sp³-hybridized carbons (Fsp3) is 0.208. The van der Waals surface area contributed by atoms with Crippen LogP contribution in [0.15, 0.2) is 79.5 Å². The second-order valence-electron chi connectivity index (χ2n) is 7.70. The van der Waals surface area contributed by atoms with Gasteiger partial charge in [-0.3, -0.25) is 14.7 Å². The first-order chi connectivity index (χ1) is 14.7. The van der Waals surface area contributed by atoms with Gasteiger partial charge in [-0.15, -0.1) is 0 Å². The van der Waals surface area contributed by atoms with Crippen molar-refractivity contribution in [3.63, 3.8) is 0 Å². The van der Waals surface area contributed by atoms with Gasteiger partial charge < -0.3 is 9.30 Å². The van der Waals surface area contributed by atoms with E-state index in [1.54, 1.807) is 6.20 Å². The number of amides is 1. The number of carbonyl (C=O) groups is 1. The van der Waals surface area contributed by atoms with Crippen LogP contribution in [0.5, 0.6) is 0 Å². The monoisotopic (exact) mass is 397 g/mol. The van der Waals surface area contributed by atoms with E-state index in [1.165, 1.54) is 0 Å². The van der Waals surface area contributed by atoms with E-state index in [4.69, 9.17) is 4.98 Å². The van der Waals surface area contributed by atoms with Crippen LogP contribution in [0, 0.1) is 0 Å². The second kappa shape index (κ2) is 7.72. The molecule has 0 bridgehead atoms. The van der Waals surface area contributed by atoms with Gasteiger partial charge in [0.25, 0.3) is 5.91 Å². The average molecular weight is 397 g/mol. The van der Waals surface area contributed by atoms with Gasteiger partial charge in [0.05, 0.1) is 23.6 Å². The van der Waals surface area contributed by atoms with Gasteiger partial charge in [0.1, 0.15) is 0 Å². The summed E-state index contributed by atoms with van der Waals surface area (Å²) >= 11 is 0. The molecule has 1 atom stereocenters. The normalized spacial score (nSPS) is 17.4. The maximum atomic E-state index is 13.0. The molecule has 1 saturated heterocycles. The molecule has 0 N–H and O–H groups in total. The molecule has 1 aliphatic heterocycles. The van der Waals surface area contributed by atoms with E-state index in [0.29, 0.717) is 6.54 Å². The lowest BCUT2D eigenvalue weighted by molar-refractivity contribution is 0.0543. The highest BCUT2D eigenvalue weighted by Gasteiger charge is 2.31. The number of benzene rings is 1. The first-order valence-electron chi connectivity index (χ1n) is 10.1. The quantitative estimate of drug-likeness (QED) is 0.531. The molecule has 0 spiro atoms. The molecule has 6 heteroatoms. The van der Waals surface area contributed by atoms with Gasteiger partial charge in [-0.05, 0) is 36.9 Å². The highest BCUT2D eigenvalue weighted by atomic mass is 16.2. The lowest BCUT2D eigenvalue weighted by Crippen LogP contribution is -2.49. The Kier molecular flexibility index (Phi) is 4.77. The van der Waals surface area contributed by atoms with Crippen molar-refractivity contribution >= 4 is 11.4 Å². The Bertz CT molecular complexity index is 1170. The van der Waals surface area contributed by atoms with Crippen LogP contribution in [-0.2, 0) is 0 Å². The van der Waals surface area contributed by atoms with Gasteiger partial charge in [-0.2, -0.15) is 0 Å².